The number of pyridine rings is 1. The number of H-pyrrole nitrogens is 1. The molecule has 2 N–H and O–H groups in total. The number of rotatable bonds is 6. The van der Waals surface area contributed by atoms with Gasteiger partial charge in [-0.3, -0.25) is 4.90 Å². The Balaban J connectivity index is 1.36. The van der Waals surface area contributed by atoms with E-state index >= 15 is 0 Å². The number of fused-ring (bicyclic) bond motifs is 1. The lowest BCUT2D eigenvalue weighted by atomic mass is 10.0. The molecule has 1 aliphatic heterocycles. The molecule has 0 atom stereocenters. The lowest BCUT2D eigenvalue weighted by Gasteiger charge is -2.26. The zero-order chi connectivity index (χ0) is 21.9. The molecule has 0 unspecified atom stereocenters. The largest absolute Gasteiger partial charge is 0.478 e. The van der Waals surface area contributed by atoms with Crippen LogP contribution in [-0.4, -0.2) is 63.8 Å². The summed E-state index contributed by atoms with van der Waals surface area (Å²) in [7, 11) is 0. The van der Waals surface area contributed by atoms with E-state index in [4.69, 9.17) is 9.84 Å². The highest BCUT2D eigenvalue weighted by atomic mass is 16.5. The third-order valence-electron chi connectivity index (χ3n) is 5.88. The summed E-state index contributed by atoms with van der Waals surface area (Å²) in [6.07, 6.45) is 2.74. The minimum atomic E-state index is -0.936. The van der Waals surface area contributed by atoms with Crippen LogP contribution in [0.5, 0.6) is 0 Å². The Morgan fingerprint density at radius 1 is 1.00 bits per heavy atom. The first-order valence-electron chi connectivity index (χ1n) is 10.8. The summed E-state index contributed by atoms with van der Waals surface area (Å²) in [5, 5.41) is 9.13. The van der Waals surface area contributed by atoms with Crippen LogP contribution in [0.15, 0.2) is 60.8 Å². The predicted molar refractivity (Wildman–Crippen MR) is 123 cm³/mol. The summed E-state index contributed by atoms with van der Waals surface area (Å²) < 4.78 is 5.41. The average molecular weight is 428 g/mol. The number of aromatic carboxylic acids is 1. The Hall–Kier alpha value is -3.55. The summed E-state index contributed by atoms with van der Waals surface area (Å²) in [5.41, 5.74) is 5.89. The monoisotopic (exact) mass is 428 g/mol. The second-order valence-electron chi connectivity index (χ2n) is 7.93. The fourth-order valence-electron chi connectivity index (χ4n) is 4.02. The van der Waals surface area contributed by atoms with E-state index < -0.39 is 5.97 Å². The number of aromatic nitrogens is 3. The van der Waals surface area contributed by atoms with Gasteiger partial charge in [-0.05, 0) is 35.7 Å². The molecule has 5 rings (SSSR count). The van der Waals surface area contributed by atoms with E-state index in [-0.39, 0.29) is 5.56 Å². The number of hydrogen-bond acceptors (Lipinski definition) is 5. The number of hydrogen-bond donors (Lipinski definition) is 2. The van der Waals surface area contributed by atoms with Gasteiger partial charge in [0.2, 0.25) is 0 Å². The van der Waals surface area contributed by atoms with Gasteiger partial charge in [0.05, 0.1) is 24.3 Å². The van der Waals surface area contributed by atoms with Crippen LogP contribution in [0.4, 0.5) is 0 Å². The van der Waals surface area contributed by atoms with Gasteiger partial charge in [-0.25, -0.2) is 14.8 Å². The first-order chi connectivity index (χ1) is 15.7. The van der Waals surface area contributed by atoms with Crippen molar-refractivity contribution in [2.24, 2.45) is 0 Å². The van der Waals surface area contributed by atoms with Crippen molar-refractivity contribution < 1.29 is 14.6 Å². The van der Waals surface area contributed by atoms with Gasteiger partial charge in [0.15, 0.2) is 5.65 Å². The van der Waals surface area contributed by atoms with Crippen molar-refractivity contribution >= 4 is 17.1 Å². The normalized spacial score (nSPS) is 14.6. The number of carbonyl (C=O) groups is 1. The molecule has 0 aliphatic carbocycles. The van der Waals surface area contributed by atoms with E-state index in [2.05, 4.69) is 44.1 Å². The molecule has 162 valence electrons. The highest BCUT2D eigenvalue weighted by molar-refractivity contribution is 5.93. The van der Waals surface area contributed by atoms with E-state index in [9.17, 15) is 4.79 Å². The number of nitrogens with zero attached hydrogens (tertiary/aromatic N) is 3. The van der Waals surface area contributed by atoms with Crippen molar-refractivity contribution in [1.82, 2.24) is 19.9 Å². The molecule has 1 fully saturated rings. The van der Waals surface area contributed by atoms with Crippen LogP contribution in [0.25, 0.3) is 33.7 Å². The summed E-state index contributed by atoms with van der Waals surface area (Å²) in [5.74, 6) is -0.171. The summed E-state index contributed by atoms with van der Waals surface area (Å²) in [6, 6.07) is 17.2. The van der Waals surface area contributed by atoms with Gasteiger partial charge < -0.3 is 14.8 Å². The van der Waals surface area contributed by atoms with Crippen molar-refractivity contribution in [2.45, 2.75) is 6.42 Å². The molecule has 1 saturated heterocycles. The van der Waals surface area contributed by atoms with Crippen LogP contribution >= 0.6 is 0 Å². The Labute approximate surface area is 185 Å². The molecule has 1 aliphatic rings. The Morgan fingerprint density at radius 2 is 1.72 bits per heavy atom. The SMILES string of the molecule is O=C(O)c1ccc(-c2ccnc3nc(-c4ccc(CCN5CCOCC5)cc4)[nH]c23)cc1. The molecule has 7 heteroatoms. The van der Waals surface area contributed by atoms with Crippen LogP contribution in [0.3, 0.4) is 0 Å². The lowest BCUT2D eigenvalue weighted by Crippen LogP contribution is -2.37. The fourth-order valence-corrected chi connectivity index (χ4v) is 4.02. The van der Waals surface area contributed by atoms with E-state index in [0.717, 1.165) is 67.3 Å². The van der Waals surface area contributed by atoms with Gasteiger partial charge in [-0.2, -0.15) is 0 Å². The molecule has 0 amide bonds. The van der Waals surface area contributed by atoms with Gasteiger partial charge >= 0.3 is 5.97 Å². The maximum Gasteiger partial charge on any atom is 0.335 e. The zero-order valence-electron chi connectivity index (χ0n) is 17.6. The van der Waals surface area contributed by atoms with Crippen LogP contribution < -0.4 is 0 Å². The van der Waals surface area contributed by atoms with Gasteiger partial charge in [0.25, 0.3) is 0 Å². The van der Waals surface area contributed by atoms with E-state index in [0.29, 0.717) is 5.65 Å². The first kappa shape index (κ1) is 20.4. The van der Waals surface area contributed by atoms with Crippen molar-refractivity contribution in [1.29, 1.82) is 0 Å². The molecular weight excluding hydrogens is 404 g/mol. The number of morpholine rings is 1. The maximum atomic E-state index is 11.1. The predicted octanol–water partition coefficient (Wildman–Crippen LogP) is 3.86. The molecule has 0 saturated carbocycles. The van der Waals surface area contributed by atoms with Crippen molar-refractivity contribution in [3.8, 4) is 22.5 Å². The molecule has 3 heterocycles. The van der Waals surface area contributed by atoms with Crippen LogP contribution in [-0.2, 0) is 11.2 Å². The molecule has 0 bridgehead atoms. The number of carboxylic acids is 1. The van der Waals surface area contributed by atoms with Gasteiger partial charge in [-0.15, -0.1) is 0 Å². The summed E-state index contributed by atoms with van der Waals surface area (Å²) in [6.45, 7) is 4.70. The van der Waals surface area contributed by atoms with Crippen molar-refractivity contribution in [3.63, 3.8) is 0 Å². The molecular formula is C25H24N4O3. The number of benzene rings is 2. The van der Waals surface area contributed by atoms with E-state index in [1.165, 1.54) is 5.56 Å². The van der Waals surface area contributed by atoms with E-state index in [1.807, 2.05) is 18.2 Å². The Bertz CT molecular complexity index is 1230. The molecule has 7 nitrogen and oxygen atoms in total. The van der Waals surface area contributed by atoms with E-state index in [1.54, 1.807) is 18.3 Å². The quantitative estimate of drug-likeness (QED) is 0.485. The fraction of sp³-hybridized carbons (Fsp3) is 0.240. The van der Waals surface area contributed by atoms with Crippen LogP contribution in [0.1, 0.15) is 15.9 Å². The first-order valence-corrected chi connectivity index (χ1v) is 10.8. The van der Waals surface area contributed by atoms with Gasteiger partial charge in [0, 0.05) is 37.0 Å². The average Bonchev–Trinajstić information content (AvgIpc) is 3.28. The molecule has 4 aromatic rings. The standard InChI is InChI=1S/C25H24N4O3/c30-25(31)20-7-5-18(6-8-20)21-9-11-26-24-22(21)27-23(28-24)19-3-1-17(2-4-19)10-12-29-13-15-32-16-14-29/h1-9,11H,10,12-16H2,(H,30,31)(H,26,27,28). The van der Waals surface area contributed by atoms with Gasteiger partial charge in [-0.1, -0.05) is 36.4 Å². The Kier molecular flexibility index (Phi) is 5.66. The number of imidazole rings is 1. The maximum absolute atomic E-state index is 11.1. The van der Waals surface area contributed by atoms with Crippen molar-refractivity contribution in [2.75, 3.05) is 32.8 Å². The lowest BCUT2D eigenvalue weighted by molar-refractivity contribution is 0.0384. The number of ether oxygens (including phenoxy) is 1. The topological polar surface area (TPSA) is 91.3 Å². The highest BCUT2D eigenvalue weighted by Gasteiger charge is 2.13. The summed E-state index contributed by atoms with van der Waals surface area (Å²) in [4.78, 5) is 26.1. The Morgan fingerprint density at radius 3 is 2.44 bits per heavy atom. The molecule has 2 aromatic carbocycles. The molecule has 2 aromatic heterocycles. The second-order valence-corrected chi connectivity index (χ2v) is 7.93. The number of aromatic amines is 1. The molecule has 0 spiro atoms. The second kappa shape index (κ2) is 8.90. The smallest absolute Gasteiger partial charge is 0.335 e. The minimum Gasteiger partial charge on any atom is -0.478 e. The third kappa shape index (κ3) is 4.26. The highest BCUT2D eigenvalue weighted by Crippen LogP contribution is 2.29. The molecule has 32 heavy (non-hydrogen) atoms. The number of nitrogens with one attached hydrogen (secondary N) is 1. The number of carboxylic acid groups (broad SMARTS) is 1. The zero-order valence-corrected chi connectivity index (χ0v) is 17.6. The summed E-state index contributed by atoms with van der Waals surface area (Å²) >= 11 is 0. The van der Waals surface area contributed by atoms with Crippen molar-refractivity contribution in [3.05, 3.63) is 71.9 Å². The van der Waals surface area contributed by atoms with Crippen LogP contribution in [0, 0.1) is 0 Å². The third-order valence-corrected chi connectivity index (χ3v) is 5.88. The van der Waals surface area contributed by atoms with Gasteiger partial charge in [0.1, 0.15) is 5.82 Å². The molecule has 0 radical (unpaired) electrons. The van der Waals surface area contributed by atoms with Crippen LogP contribution in [0.2, 0.25) is 0 Å². The minimum absolute atomic E-state index is 0.262.